The summed E-state index contributed by atoms with van der Waals surface area (Å²) in [7, 11) is 3.99. The maximum atomic E-state index is 13.2. The van der Waals surface area contributed by atoms with Gasteiger partial charge in [-0.3, -0.25) is 9.69 Å². The smallest absolute Gasteiger partial charge is 0.254 e. The minimum atomic E-state index is -0.666. The summed E-state index contributed by atoms with van der Waals surface area (Å²) in [5.41, 5.74) is 3.38. The van der Waals surface area contributed by atoms with E-state index in [1.165, 1.54) is 0 Å². The SMILES string of the molecule is CN(C)[C@]1(c2ccccc2)CCN(C(=O)c2cccc3c2COC3)C[C@H]1O. The number of hydrogen-bond donors (Lipinski definition) is 1. The van der Waals surface area contributed by atoms with Gasteiger partial charge >= 0.3 is 0 Å². The highest BCUT2D eigenvalue weighted by atomic mass is 16.5. The number of benzene rings is 2. The number of likely N-dealkylation sites (tertiary alicyclic amines) is 1. The molecule has 0 bridgehead atoms. The highest BCUT2D eigenvalue weighted by molar-refractivity contribution is 5.96. The standard InChI is InChI=1S/C22H26N2O3/c1-23(2)22(17-8-4-3-5-9-17)11-12-24(13-20(22)25)21(26)18-10-6-7-16-14-27-15-19(16)18/h3-10,20,25H,11-15H2,1-2H3/t20-,22+/m1/s1. The summed E-state index contributed by atoms with van der Waals surface area (Å²) in [6.07, 6.45) is 0.0169. The lowest BCUT2D eigenvalue weighted by Crippen LogP contribution is -2.60. The van der Waals surface area contributed by atoms with E-state index in [1.807, 2.05) is 50.5 Å². The van der Waals surface area contributed by atoms with Crippen LogP contribution in [0.2, 0.25) is 0 Å². The van der Waals surface area contributed by atoms with Crippen LogP contribution >= 0.6 is 0 Å². The van der Waals surface area contributed by atoms with Gasteiger partial charge in [-0.15, -0.1) is 0 Å². The molecule has 0 aliphatic carbocycles. The van der Waals surface area contributed by atoms with Crippen LogP contribution in [-0.2, 0) is 23.5 Å². The van der Waals surface area contributed by atoms with E-state index in [-0.39, 0.29) is 5.91 Å². The molecule has 2 aliphatic rings. The number of hydrogen-bond acceptors (Lipinski definition) is 4. The fraction of sp³-hybridized carbons (Fsp3) is 0.409. The Morgan fingerprint density at radius 2 is 1.93 bits per heavy atom. The van der Waals surface area contributed by atoms with Crippen molar-refractivity contribution in [1.82, 2.24) is 9.80 Å². The van der Waals surface area contributed by atoms with Gasteiger partial charge in [-0.2, -0.15) is 0 Å². The molecular formula is C22H26N2O3. The molecule has 1 fully saturated rings. The minimum absolute atomic E-state index is 0.0168. The Morgan fingerprint density at radius 3 is 2.63 bits per heavy atom. The second-order valence-corrected chi connectivity index (χ2v) is 7.64. The molecule has 2 aliphatic heterocycles. The molecule has 0 saturated carbocycles. The van der Waals surface area contributed by atoms with Gasteiger partial charge in [-0.1, -0.05) is 42.5 Å². The van der Waals surface area contributed by atoms with Crippen molar-refractivity contribution < 1.29 is 14.6 Å². The second-order valence-electron chi connectivity index (χ2n) is 7.64. The Hall–Kier alpha value is -2.21. The Kier molecular flexibility index (Phi) is 4.76. The molecule has 27 heavy (non-hydrogen) atoms. The van der Waals surface area contributed by atoms with Crippen molar-refractivity contribution in [2.75, 3.05) is 27.2 Å². The van der Waals surface area contributed by atoms with Crippen LogP contribution in [-0.4, -0.2) is 54.1 Å². The fourth-order valence-electron chi connectivity index (χ4n) is 4.52. The number of amides is 1. The summed E-state index contributed by atoms with van der Waals surface area (Å²) in [5.74, 6) is -0.0168. The van der Waals surface area contributed by atoms with E-state index in [2.05, 4.69) is 17.0 Å². The first kappa shape index (κ1) is 18.2. The highest BCUT2D eigenvalue weighted by Gasteiger charge is 2.46. The zero-order valence-electron chi connectivity index (χ0n) is 15.9. The average molecular weight is 366 g/mol. The van der Waals surface area contributed by atoms with Gasteiger partial charge in [0.2, 0.25) is 0 Å². The third-order valence-corrected chi connectivity index (χ3v) is 6.07. The molecule has 2 heterocycles. The van der Waals surface area contributed by atoms with E-state index in [9.17, 15) is 9.90 Å². The minimum Gasteiger partial charge on any atom is -0.389 e. The van der Waals surface area contributed by atoms with E-state index >= 15 is 0 Å². The van der Waals surface area contributed by atoms with E-state index in [1.54, 1.807) is 4.90 Å². The van der Waals surface area contributed by atoms with E-state index < -0.39 is 11.6 Å². The molecule has 0 unspecified atom stereocenters. The van der Waals surface area contributed by atoms with Gasteiger partial charge in [0.15, 0.2) is 0 Å². The number of likely N-dealkylation sites (N-methyl/N-ethyl adjacent to an activating group) is 1. The van der Waals surface area contributed by atoms with E-state index in [0.717, 1.165) is 16.7 Å². The first-order valence-corrected chi connectivity index (χ1v) is 9.43. The molecule has 1 saturated heterocycles. The lowest BCUT2D eigenvalue weighted by atomic mass is 9.77. The molecule has 142 valence electrons. The first-order chi connectivity index (χ1) is 13.0. The molecule has 0 spiro atoms. The molecule has 2 aromatic rings. The number of fused-ring (bicyclic) bond motifs is 1. The van der Waals surface area contributed by atoms with Crippen molar-refractivity contribution in [3.63, 3.8) is 0 Å². The molecule has 2 aromatic carbocycles. The van der Waals surface area contributed by atoms with Crippen molar-refractivity contribution in [3.8, 4) is 0 Å². The molecular weight excluding hydrogens is 340 g/mol. The van der Waals surface area contributed by atoms with Crippen molar-refractivity contribution in [3.05, 3.63) is 70.8 Å². The molecule has 1 amide bonds. The average Bonchev–Trinajstić information content (AvgIpc) is 3.16. The molecule has 4 rings (SSSR count). The number of nitrogens with zero attached hydrogens (tertiary/aromatic N) is 2. The third kappa shape index (κ3) is 2.96. The Balaban J connectivity index is 1.60. The van der Waals surface area contributed by atoms with Crippen molar-refractivity contribution in [1.29, 1.82) is 0 Å². The van der Waals surface area contributed by atoms with E-state index in [4.69, 9.17) is 4.74 Å². The summed E-state index contributed by atoms with van der Waals surface area (Å²) in [6.45, 7) is 1.97. The third-order valence-electron chi connectivity index (χ3n) is 6.07. The Morgan fingerprint density at radius 1 is 1.15 bits per heavy atom. The molecule has 1 N–H and O–H groups in total. The number of carbonyl (C=O) groups is 1. The van der Waals surface area contributed by atoms with Crippen LogP contribution in [0, 0.1) is 0 Å². The number of β-amino-alcohol motifs (C(OH)–C–C–N with tert-alkyl or cyclic N) is 1. The van der Waals surface area contributed by atoms with Gasteiger partial charge in [0, 0.05) is 18.7 Å². The number of piperidine rings is 1. The largest absolute Gasteiger partial charge is 0.389 e. The van der Waals surface area contributed by atoms with Crippen LogP contribution in [0.1, 0.15) is 33.5 Å². The summed E-state index contributed by atoms with van der Waals surface area (Å²) >= 11 is 0. The van der Waals surface area contributed by atoms with E-state index in [0.29, 0.717) is 38.3 Å². The monoisotopic (exact) mass is 366 g/mol. The van der Waals surface area contributed by atoms with Gasteiger partial charge < -0.3 is 14.7 Å². The zero-order chi connectivity index (χ0) is 19.0. The predicted molar refractivity (Wildman–Crippen MR) is 103 cm³/mol. The maximum absolute atomic E-state index is 13.2. The number of aliphatic hydroxyl groups is 1. The predicted octanol–water partition coefficient (Wildman–Crippen LogP) is 2.38. The summed E-state index contributed by atoms with van der Waals surface area (Å²) < 4.78 is 5.51. The maximum Gasteiger partial charge on any atom is 0.254 e. The van der Waals surface area contributed by atoms with Gasteiger partial charge in [0.1, 0.15) is 0 Å². The second kappa shape index (κ2) is 7.08. The Bertz CT molecular complexity index is 837. The van der Waals surface area contributed by atoms with Crippen molar-refractivity contribution >= 4 is 5.91 Å². The summed E-state index contributed by atoms with van der Waals surface area (Å²) in [5, 5.41) is 11.1. The van der Waals surface area contributed by atoms with Crippen LogP contribution in [0.5, 0.6) is 0 Å². The molecule has 2 atom stereocenters. The van der Waals surface area contributed by atoms with Crippen molar-refractivity contribution in [2.45, 2.75) is 31.3 Å². The molecule has 0 aromatic heterocycles. The summed E-state index contributed by atoms with van der Waals surface area (Å²) in [4.78, 5) is 17.0. The van der Waals surface area contributed by atoms with Gasteiger partial charge in [-0.05, 0) is 43.3 Å². The van der Waals surface area contributed by atoms with Crippen molar-refractivity contribution in [2.24, 2.45) is 0 Å². The molecule has 5 nitrogen and oxygen atoms in total. The van der Waals surface area contributed by atoms with Crippen LogP contribution in [0.15, 0.2) is 48.5 Å². The molecule has 5 heteroatoms. The normalized spacial score (nSPS) is 24.9. The molecule has 0 radical (unpaired) electrons. The number of aliphatic hydroxyl groups excluding tert-OH is 1. The highest BCUT2D eigenvalue weighted by Crippen LogP contribution is 2.38. The van der Waals surface area contributed by atoms with Gasteiger partial charge in [0.25, 0.3) is 5.91 Å². The van der Waals surface area contributed by atoms with Gasteiger partial charge in [-0.25, -0.2) is 0 Å². The van der Waals surface area contributed by atoms with Crippen LogP contribution in [0.4, 0.5) is 0 Å². The summed E-state index contributed by atoms with van der Waals surface area (Å²) in [6, 6.07) is 15.9. The Labute approximate surface area is 160 Å². The lowest BCUT2D eigenvalue weighted by molar-refractivity contribution is -0.0612. The van der Waals surface area contributed by atoms with Crippen LogP contribution in [0.3, 0.4) is 0 Å². The van der Waals surface area contributed by atoms with Crippen LogP contribution < -0.4 is 0 Å². The lowest BCUT2D eigenvalue weighted by Gasteiger charge is -2.49. The quantitative estimate of drug-likeness (QED) is 0.906. The fourth-order valence-corrected chi connectivity index (χ4v) is 4.52. The zero-order valence-corrected chi connectivity index (χ0v) is 15.9. The number of carbonyl (C=O) groups excluding carboxylic acids is 1. The van der Waals surface area contributed by atoms with Gasteiger partial charge in [0.05, 0.1) is 24.9 Å². The first-order valence-electron chi connectivity index (χ1n) is 9.43. The number of ether oxygens (including phenoxy) is 1. The topological polar surface area (TPSA) is 53.0 Å². The number of rotatable bonds is 3. The van der Waals surface area contributed by atoms with Crippen LogP contribution in [0.25, 0.3) is 0 Å².